The van der Waals surface area contributed by atoms with Gasteiger partial charge in [0.25, 0.3) is 0 Å². The van der Waals surface area contributed by atoms with E-state index in [0.717, 1.165) is 54.7 Å². The fourth-order valence-corrected chi connectivity index (χ4v) is 4.19. The Balaban J connectivity index is 0.000000336. The number of ether oxygens (including phenoxy) is 1. The molecule has 1 aliphatic carbocycles. The summed E-state index contributed by atoms with van der Waals surface area (Å²) in [6.07, 6.45) is -0.641. The molecular weight excluding hydrogens is 525 g/mol. The summed E-state index contributed by atoms with van der Waals surface area (Å²) in [5, 5.41) is 8.69. The number of hydrogen-bond donors (Lipinski definition) is 3. The Bertz CT molecular complexity index is 1140. The van der Waals surface area contributed by atoms with E-state index in [2.05, 4.69) is 16.0 Å². The van der Waals surface area contributed by atoms with Crippen LogP contribution in [0, 0.1) is 12.8 Å². The topological polar surface area (TPSA) is 99.8 Å². The number of halogens is 3. The average molecular weight is 563 g/mol. The predicted octanol–water partition coefficient (Wildman–Crippen LogP) is 3.08. The highest BCUT2D eigenvalue weighted by atomic mass is 19.4. The summed E-state index contributed by atoms with van der Waals surface area (Å²) >= 11 is 0. The van der Waals surface area contributed by atoms with Crippen molar-refractivity contribution < 1.29 is 32.3 Å². The van der Waals surface area contributed by atoms with Crippen LogP contribution in [0.15, 0.2) is 48.5 Å². The summed E-state index contributed by atoms with van der Waals surface area (Å²) in [5.41, 5.74) is 1.33. The van der Waals surface area contributed by atoms with Crippen molar-refractivity contribution in [2.24, 2.45) is 5.92 Å². The lowest BCUT2D eigenvalue weighted by Crippen LogP contribution is -2.50. The number of amides is 3. The Hall–Kier alpha value is -3.60. The molecule has 40 heavy (non-hydrogen) atoms. The number of carbonyl (C=O) groups excluding carboxylic acids is 3. The van der Waals surface area contributed by atoms with Crippen molar-refractivity contribution in [3.63, 3.8) is 0 Å². The number of likely N-dealkylation sites (N-methyl/N-ethyl adjacent to an activating group) is 1. The van der Waals surface area contributed by atoms with E-state index in [1.807, 2.05) is 24.3 Å². The number of nitrogens with zero attached hydrogens (tertiary/aromatic N) is 1. The quantitative estimate of drug-likeness (QED) is 0.496. The molecular formula is C29H37F3N4O4. The molecule has 1 aliphatic heterocycles. The van der Waals surface area contributed by atoms with E-state index < -0.39 is 11.7 Å². The van der Waals surface area contributed by atoms with Gasteiger partial charge in [-0.05, 0) is 62.3 Å². The number of hydrogen-bond acceptors (Lipinski definition) is 5. The molecule has 2 aliphatic rings. The molecule has 2 aromatic rings. The Kier molecular flexibility index (Phi) is 11.4. The van der Waals surface area contributed by atoms with Crippen LogP contribution in [0.2, 0.25) is 0 Å². The number of benzene rings is 2. The summed E-state index contributed by atoms with van der Waals surface area (Å²) in [7, 11) is 1.62. The zero-order valence-electron chi connectivity index (χ0n) is 22.9. The molecule has 8 nitrogen and oxygen atoms in total. The lowest BCUT2D eigenvalue weighted by Gasteiger charge is -2.24. The van der Waals surface area contributed by atoms with Gasteiger partial charge < -0.3 is 25.6 Å². The van der Waals surface area contributed by atoms with E-state index in [0.29, 0.717) is 25.6 Å². The minimum Gasteiger partial charge on any atom is -0.492 e. The molecule has 1 unspecified atom stereocenters. The van der Waals surface area contributed by atoms with Gasteiger partial charge in [-0.15, -0.1) is 0 Å². The van der Waals surface area contributed by atoms with Crippen molar-refractivity contribution in [3.8, 4) is 5.75 Å². The molecule has 1 atom stereocenters. The third-order valence-corrected chi connectivity index (χ3v) is 6.58. The van der Waals surface area contributed by atoms with Crippen LogP contribution in [0.3, 0.4) is 0 Å². The fourth-order valence-electron chi connectivity index (χ4n) is 4.19. The largest absolute Gasteiger partial charge is 0.492 e. The normalized spacial score (nSPS) is 20.0. The molecule has 0 radical (unpaired) electrons. The first-order valence-corrected chi connectivity index (χ1v) is 13.4. The van der Waals surface area contributed by atoms with Crippen LogP contribution < -0.4 is 20.7 Å². The predicted molar refractivity (Wildman–Crippen MR) is 145 cm³/mol. The number of nitrogens with one attached hydrogen (secondary N) is 3. The third kappa shape index (κ3) is 10.2. The summed E-state index contributed by atoms with van der Waals surface area (Å²) < 4.78 is 41.7. The first-order valence-electron chi connectivity index (χ1n) is 13.4. The highest BCUT2D eigenvalue weighted by molar-refractivity contribution is 5.89. The lowest BCUT2D eigenvalue weighted by molar-refractivity contribution is -0.137. The highest BCUT2D eigenvalue weighted by Gasteiger charge is 2.37. The van der Waals surface area contributed by atoms with E-state index >= 15 is 0 Å². The van der Waals surface area contributed by atoms with Gasteiger partial charge in [0.1, 0.15) is 12.4 Å². The smallest absolute Gasteiger partial charge is 0.416 e. The minimum absolute atomic E-state index is 0.0686. The molecule has 1 heterocycles. The third-order valence-electron chi connectivity index (χ3n) is 6.58. The molecule has 0 spiro atoms. The van der Waals surface area contributed by atoms with Gasteiger partial charge in [-0.25, -0.2) is 0 Å². The number of para-hydroxylation sites is 1. The first kappa shape index (κ1) is 30.9. The number of aryl methyl sites for hydroxylation is 2. The van der Waals surface area contributed by atoms with Crippen molar-refractivity contribution in [3.05, 3.63) is 65.2 Å². The maximum atomic E-state index is 12.8. The van der Waals surface area contributed by atoms with E-state index in [9.17, 15) is 27.6 Å². The van der Waals surface area contributed by atoms with E-state index in [4.69, 9.17) is 4.74 Å². The Labute approximate surface area is 232 Å². The van der Waals surface area contributed by atoms with Crippen molar-refractivity contribution in [1.82, 2.24) is 20.9 Å². The second-order valence-electron chi connectivity index (χ2n) is 10.0. The van der Waals surface area contributed by atoms with Crippen LogP contribution in [0.1, 0.15) is 36.0 Å². The summed E-state index contributed by atoms with van der Waals surface area (Å²) in [6, 6.07) is 12.6. The van der Waals surface area contributed by atoms with E-state index in [-0.39, 0.29) is 36.9 Å². The van der Waals surface area contributed by atoms with Gasteiger partial charge in [0.2, 0.25) is 17.7 Å². The van der Waals surface area contributed by atoms with Gasteiger partial charge in [-0.3, -0.25) is 14.4 Å². The van der Waals surface area contributed by atoms with Crippen LogP contribution in [0.25, 0.3) is 0 Å². The number of carbonyl (C=O) groups is 3. The molecule has 2 aromatic carbocycles. The van der Waals surface area contributed by atoms with Crippen LogP contribution in [-0.2, 0) is 27.0 Å². The van der Waals surface area contributed by atoms with Gasteiger partial charge in [0.05, 0.1) is 24.7 Å². The first-order chi connectivity index (χ1) is 19.0. The van der Waals surface area contributed by atoms with Crippen molar-refractivity contribution in [2.45, 2.75) is 44.8 Å². The van der Waals surface area contributed by atoms with Crippen molar-refractivity contribution in [2.75, 3.05) is 39.8 Å². The standard InChI is InChI=1S/C21H30N4O4.C8H7F3/c1-25-14-19(27)24-13-18(26)22-10-4-6-15-5-2-3-7-17(15)29-12-11-23-20(21(25)28)16-8-9-16;1-6-2-4-7(5-3-6)8(9,10)11/h2-3,5,7,16,20,23H,4,6,8-14H2,1H3,(H,22,26)(H,24,27);2-5H,1H3. The molecule has 11 heteroatoms. The monoisotopic (exact) mass is 562 g/mol. The zero-order chi connectivity index (χ0) is 29.1. The molecule has 0 aromatic heterocycles. The molecule has 3 N–H and O–H groups in total. The molecule has 0 bridgehead atoms. The van der Waals surface area contributed by atoms with Crippen molar-refractivity contribution in [1.29, 1.82) is 0 Å². The average Bonchev–Trinajstić information content (AvgIpc) is 3.75. The minimum atomic E-state index is -4.21. The number of fused-ring (bicyclic) bond motifs is 1. The Morgan fingerprint density at radius 3 is 2.30 bits per heavy atom. The molecule has 4 rings (SSSR count). The number of alkyl halides is 3. The lowest BCUT2D eigenvalue weighted by atomic mass is 10.1. The molecule has 3 amide bonds. The van der Waals surface area contributed by atoms with E-state index in [1.54, 1.807) is 14.0 Å². The van der Waals surface area contributed by atoms with Gasteiger partial charge in [0.15, 0.2) is 0 Å². The van der Waals surface area contributed by atoms with Crippen LogP contribution in [0.5, 0.6) is 5.75 Å². The molecule has 1 saturated carbocycles. The number of rotatable bonds is 1. The maximum absolute atomic E-state index is 12.8. The van der Waals surface area contributed by atoms with Crippen LogP contribution in [-0.4, -0.2) is 68.5 Å². The molecule has 0 saturated heterocycles. The highest BCUT2D eigenvalue weighted by Crippen LogP contribution is 2.33. The van der Waals surface area contributed by atoms with Crippen molar-refractivity contribution >= 4 is 17.7 Å². The van der Waals surface area contributed by atoms with E-state index in [1.165, 1.54) is 17.0 Å². The summed E-state index contributed by atoms with van der Waals surface area (Å²) in [6.45, 7) is 3.11. The van der Waals surface area contributed by atoms with Gasteiger partial charge in [-0.1, -0.05) is 35.9 Å². The molecule has 218 valence electrons. The van der Waals surface area contributed by atoms with Gasteiger partial charge >= 0.3 is 6.18 Å². The summed E-state index contributed by atoms with van der Waals surface area (Å²) in [5.74, 6) is 0.449. The molecule has 1 fully saturated rings. The fraction of sp³-hybridized carbons (Fsp3) is 0.483. The second kappa shape index (κ2) is 14.7. The zero-order valence-corrected chi connectivity index (χ0v) is 22.9. The second-order valence-corrected chi connectivity index (χ2v) is 10.0. The Morgan fingerprint density at radius 1 is 0.925 bits per heavy atom. The SMILES string of the molecule is CN1CC(=O)NCC(=O)NCCCc2ccccc2OCCNC(C2CC2)C1=O.Cc1ccc(C(F)(F)F)cc1. The van der Waals surface area contributed by atoms with Gasteiger partial charge in [0, 0.05) is 20.1 Å². The van der Waals surface area contributed by atoms with Crippen LogP contribution in [0.4, 0.5) is 13.2 Å². The maximum Gasteiger partial charge on any atom is 0.416 e. The summed E-state index contributed by atoms with van der Waals surface area (Å²) in [4.78, 5) is 38.2. The van der Waals surface area contributed by atoms with Gasteiger partial charge in [-0.2, -0.15) is 13.2 Å². The Morgan fingerprint density at radius 2 is 1.62 bits per heavy atom. The van der Waals surface area contributed by atoms with Crippen LogP contribution >= 0.6 is 0 Å².